The predicted molar refractivity (Wildman–Crippen MR) is 80.1 cm³/mol. The molecule has 0 aromatic carbocycles. The number of sulfonamides is 1. The molecule has 1 unspecified atom stereocenters. The van der Waals surface area contributed by atoms with Crippen molar-refractivity contribution in [2.45, 2.75) is 38.5 Å². The van der Waals surface area contributed by atoms with E-state index in [-0.39, 0.29) is 0 Å². The lowest BCUT2D eigenvalue weighted by Gasteiger charge is -2.09. The molecule has 5 nitrogen and oxygen atoms in total. The number of halogens is 1. The van der Waals surface area contributed by atoms with Gasteiger partial charge in [0, 0.05) is 18.9 Å². The first-order valence-electron chi connectivity index (χ1n) is 6.35. The molecular formula is C12H22BrN3O2S. The largest absolute Gasteiger partial charge is 0.271 e. The molecular weight excluding hydrogens is 330 g/mol. The third-order valence-electron chi connectivity index (χ3n) is 3.14. The van der Waals surface area contributed by atoms with Crippen LogP contribution in [0.5, 0.6) is 0 Å². The van der Waals surface area contributed by atoms with Crippen molar-refractivity contribution in [3.63, 3.8) is 0 Å². The van der Waals surface area contributed by atoms with Crippen LogP contribution in [0.4, 0.5) is 0 Å². The molecule has 0 saturated carbocycles. The van der Waals surface area contributed by atoms with E-state index in [0.717, 1.165) is 18.2 Å². The number of rotatable bonds is 7. The average molecular weight is 352 g/mol. The normalized spacial score (nSPS) is 13.7. The van der Waals surface area contributed by atoms with Crippen LogP contribution in [0.3, 0.4) is 0 Å². The standard InChI is InChI=1S/C12H22BrN3O2S/c1-9(8-13)6-5-7-14-19(17,18)12-10(2)15-16(4)11(12)3/h9,14H,5-8H2,1-4H3. The molecule has 1 N–H and O–H groups in total. The van der Waals surface area contributed by atoms with Gasteiger partial charge in [0.2, 0.25) is 10.0 Å². The van der Waals surface area contributed by atoms with E-state index < -0.39 is 10.0 Å². The molecule has 7 heteroatoms. The third kappa shape index (κ3) is 4.29. The summed E-state index contributed by atoms with van der Waals surface area (Å²) in [5.41, 5.74) is 1.21. The first-order chi connectivity index (χ1) is 8.79. The van der Waals surface area contributed by atoms with Crippen molar-refractivity contribution in [1.29, 1.82) is 0 Å². The highest BCUT2D eigenvalue weighted by Crippen LogP contribution is 2.18. The maximum Gasteiger partial charge on any atom is 0.244 e. The van der Waals surface area contributed by atoms with Gasteiger partial charge in [-0.05, 0) is 32.6 Å². The highest BCUT2D eigenvalue weighted by Gasteiger charge is 2.23. The van der Waals surface area contributed by atoms with Crippen LogP contribution in [-0.2, 0) is 17.1 Å². The van der Waals surface area contributed by atoms with E-state index in [1.807, 2.05) is 0 Å². The van der Waals surface area contributed by atoms with Crippen LogP contribution in [0, 0.1) is 19.8 Å². The Morgan fingerprint density at radius 3 is 2.53 bits per heavy atom. The lowest BCUT2D eigenvalue weighted by molar-refractivity contribution is 0.546. The SMILES string of the molecule is Cc1nn(C)c(C)c1S(=O)(=O)NCCCC(C)CBr. The van der Waals surface area contributed by atoms with Crippen molar-refractivity contribution >= 4 is 26.0 Å². The van der Waals surface area contributed by atoms with Gasteiger partial charge in [0.15, 0.2) is 0 Å². The van der Waals surface area contributed by atoms with E-state index in [9.17, 15) is 8.42 Å². The number of aryl methyl sites for hydroxylation is 2. The number of nitrogens with one attached hydrogen (secondary N) is 1. The molecule has 1 atom stereocenters. The second kappa shape index (κ2) is 6.85. The van der Waals surface area contributed by atoms with Crippen molar-refractivity contribution in [2.75, 3.05) is 11.9 Å². The van der Waals surface area contributed by atoms with Gasteiger partial charge in [-0.3, -0.25) is 4.68 Å². The van der Waals surface area contributed by atoms with Crippen LogP contribution < -0.4 is 4.72 Å². The van der Waals surface area contributed by atoms with E-state index in [4.69, 9.17) is 0 Å². The Bertz CT molecular complexity index is 525. The lowest BCUT2D eigenvalue weighted by Crippen LogP contribution is -2.26. The molecule has 0 aliphatic rings. The topological polar surface area (TPSA) is 64.0 Å². The fourth-order valence-electron chi connectivity index (χ4n) is 1.95. The van der Waals surface area contributed by atoms with E-state index in [1.165, 1.54) is 0 Å². The van der Waals surface area contributed by atoms with Crippen LogP contribution in [0.15, 0.2) is 4.90 Å². The Kier molecular flexibility index (Phi) is 6.01. The van der Waals surface area contributed by atoms with E-state index >= 15 is 0 Å². The Morgan fingerprint density at radius 2 is 2.05 bits per heavy atom. The van der Waals surface area contributed by atoms with Gasteiger partial charge in [0.1, 0.15) is 4.90 Å². The van der Waals surface area contributed by atoms with Gasteiger partial charge >= 0.3 is 0 Å². The Hall–Kier alpha value is -0.400. The molecule has 1 aromatic heterocycles. The van der Waals surface area contributed by atoms with Gasteiger partial charge in [-0.25, -0.2) is 13.1 Å². The Morgan fingerprint density at radius 1 is 1.42 bits per heavy atom. The predicted octanol–water partition coefficient (Wildman–Crippen LogP) is 2.13. The molecule has 0 spiro atoms. The highest BCUT2D eigenvalue weighted by molar-refractivity contribution is 9.09. The Labute approximate surface area is 124 Å². The summed E-state index contributed by atoms with van der Waals surface area (Å²) in [6.45, 7) is 6.09. The molecule has 0 fully saturated rings. The average Bonchev–Trinajstić information content (AvgIpc) is 2.59. The molecule has 0 aliphatic carbocycles. The first-order valence-corrected chi connectivity index (χ1v) is 8.96. The second-order valence-electron chi connectivity index (χ2n) is 4.92. The van der Waals surface area contributed by atoms with Crippen molar-refractivity contribution < 1.29 is 8.42 Å². The molecule has 19 heavy (non-hydrogen) atoms. The fourth-order valence-corrected chi connectivity index (χ4v) is 3.78. The van der Waals surface area contributed by atoms with E-state index in [2.05, 4.69) is 32.7 Å². The quantitative estimate of drug-likeness (QED) is 0.604. The minimum atomic E-state index is -3.45. The number of hydrogen-bond acceptors (Lipinski definition) is 3. The number of aromatic nitrogens is 2. The monoisotopic (exact) mass is 351 g/mol. The molecule has 0 saturated heterocycles. The Balaban J connectivity index is 2.67. The lowest BCUT2D eigenvalue weighted by atomic mass is 10.1. The van der Waals surface area contributed by atoms with Crippen molar-refractivity contribution in [1.82, 2.24) is 14.5 Å². The molecule has 1 heterocycles. The maximum atomic E-state index is 12.2. The van der Waals surface area contributed by atoms with Crippen LogP contribution >= 0.6 is 15.9 Å². The van der Waals surface area contributed by atoms with E-state index in [1.54, 1.807) is 25.6 Å². The first kappa shape index (κ1) is 16.7. The van der Waals surface area contributed by atoms with Crippen LogP contribution in [0.2, 0.25) is 0 Å². The zero-order valence-electron chi connectivity index (χ0n) is 11.9. The van der Waals surface area contributed by atoms with Crippen molar-refractivity contribution in [3.05, 3.63) is 11.4 Å². The van der Waals surface area contributed by atoms with Gasteiger partial charge in [-0.15, -0.1) is 0 Å². The number of alkyl halides is 1. The molecule has 0 amide bonds. The zero-order valence-corrected chi connectivity index (χ0v) is 14.3. The maximum absolute atomic E-state index is 12.2. The summed E-state index contributed by atoms with van der Waals surface area (Å²) in [4.78, 5) is 0.309. The minimum Gasteiger partial charge on any atom is -0.271 e. The third-order valence-corrected chi connectivity index (χ3v) is 5.96. The van der Waals surface area contributed by atoms with Crippen LogP contribution in [0.25, 0.3) is 0 Å². The molecule has 0 aliphatic heterocycles. The summed E-state index contributed by atoms with van der Waals surface area (Å²) < 4.78 is 28.7. The molecule has 110 valence electrons. The molecule has 0 bridgehead atoms. The van der Waals surface area contributed by atoms with Crippen molar-refractivity contribution in [3.8, 4) is 0 Å². The van der Waals surface area contributed by atoms with Gasteiger partial charge in [-0.2, -0.15) is 5.10 Å². The fraction of sp³-hybridized carbons (Fsp3) is 0.750. The second-order valence-corrected chi connectivity index (χ2v) is 7.27. The van der Waals surface area contributed by atoms with E-state index in [0.29, 0.717) is 28.7 Å². The van der Waals surface area contributed by atoms with Crippen LogP contribution in [0.1, 0.15) is 31.2 Å². The highest BCUT2D eigenvalue weighted by atomic mass is 79.9. The summed E-state index contributed by atoms with van der Waals surface area (Å²) in [5, 5.41) is 5.08. The van der Waals surface area contributed by atoms with Gasteiger partial charge in [0.05, 0.1) is 11.4 Å². The van der Waals surface area contributed by atoms with Gasteiger partial charge in [-0.1, -0.05) is 22.9 Å². The van der Waals surface area contributed by atoms with Gasteiger partial charge in [0.25, 0.3) is 0 Å². The molecule has 0 radical (unpaired) electrons. The summed E-state index contributed by atoms with van der Waals surface area (Å²) in [6, 6.07) is 0. The summed E-state index contributed by atoms with van der Waals surface area (Å²) >= 11 is 3.42. The minimum absolute atomic E-state index is 0.309. The van der Waals surface area contributed by atoms with Gasteiger partial charge < -0.3 is 0 Å². The number of nitrogens with zero attached hydrogens (tertiary/aromatic N) is 2. The molecule has 1 aromatic rings. The summed E-state index contributed by atoms with van der Waals surface area (Å²) in [5.74, 6) is 0.561. The molecule has 1 rings (SSSR count). The smallest absolute Gasteiger partial charge is 0.244 e. The van der Waals surface area contributed by atoms with Crippen molar-refractivity contribution in [2.24, 2.45) is 13.0 Å². The van der Waals surface area contributed by atoms with Crippen LogP contribution in [-0.4, -0.2) is 30.1 Å². The number of hydrogen-bond donors (Lipinski definition) is 1. The summed E-state index contributed by atoms with van der Waals surface area (Å²) in [7, 11) is -1.70. The summed E-state index contributed by atoms with van der Waals surface area (Å²) in [6.07, 6.45) is 1.84. The zero-order chi connectivity index (χ0) is 14.6.